The molecule has 0 spiro atoms. The largest absolute Gasteiger partial charge is 0.364 e. The van der Waals surface area contributed by atoms with Gasteiger partial charge in [-0.05, 0) is 36.4 Å². The first kappa shape index (κ1) is 22.4. The number of thioether (sulfide) groups is 1. The van der Waals surface area contributed by atoms with Crippen LogP contribution in [0.4, 0.5) is 15.9 Å². The normalized spacial score (nSPS) is 13.8. The highest BCUT2D eigenvalue weighted by Gasteiger charge is 2.21. The fraction of sp³-hybridized carbons (Fsp3) is 0.200. The lowest BCUT2D eigenvalue weighted by Crippen LogP contribution is -2.37. The van der Waals surface area contributed by atoms with E-state index in [1.165, 1.54) is 0 Å². The van der Waals surface area contributed by atoms with Gasteiger partial charge in [0.05, 0.1) is 10.0 Å². The van der Waals surface area contributed by atoms with Gasteiger partial charge in [0.1, 0.15) is 11.5 Å². The van der Waals surface area contributed by atoms with E-state index in [-0.39, 0.29) is 33.2 Å². The van der Waals surface area contributed by atoms with E-state index >= 15 is 0 Å². The molecule has 1 aliphatic rings. The summed E-state index contributed by atoms with van der Waals surface area (Å²) in [4.78, 5) is 27.3. The van der Waals surface area contributed by atoms with E-state index in [0.717, 1.165) is 41.5 Å². The fourth-order valence-electron chi connectivity index (χ4n) is 3.16. The van der Waals surface area contributed by atoms with Gasteiger partial charge >= 0.3 is 0 Å². The Labute approximate surface area is 196 Å². The number of hydrogen-bond donors (Lipinski definition) is 2. The SMILES string of the molecule is NC(=O)c1nn(-c2c(Cl)cc(F)cc2Cl)nc1Nc1ccc(C(=O)N2CCSCC2)cc1. The summed E-state index contributed by atoms with van der Waals surface area (Å²) in [6.07, 6.45) is 0. The molecule has 0 saturated carbocycles. The average Bonchev–Trinajstić information content (AvgIpc) is 3.17. The molecular formula is C20H17Cl2FN6O2S. The Hall–Kier alpha value is -2.82. The Kier molecular flexibility index (Phi) is 6.54. The maximum absolute atomic E-state index is 13.5. The molecule has 1 fully saturated rings. The summed E-state index contributed by atoms with van der Waals surface area (Å²) in [7, 11) is 0. The van der Waals surface area contributed by atoms with Crippen LogP contribution in [0.25, 0.3) is 5.69 Å². The lowest BCUT2D eigenvalue weighted by atomic mass is 10.1. The average molecular weight is 495 g/mol. The molecule has 3 N–H and O–H groups in total. The number of rotatable bonds is 5. The summed E-state index contributed by atoms with van der Waals surface area (Å²) >= 11 is 14.0. The first-order valence-corrected chi connectivity index (χ1v) is 11.4. The van der Waals surface area contributed by atoms with Gasteiger partial charge in [0, 0.05) is 35.8 Å². The highest BCUT2D eigenvalue weighted by atomic mass is 35.5. The number of nitrogens with two attached hydrogens (primary N) is 1. The van der Waals surface area contributed by atoms with Crippen LogP contribution in [0.2, 0.25) is 10.0 Å². The molecule has 0 unspecified atom stereocenters. The molecular weight excluding hydrogens is 478 g/mol. The molecule has 32 heavy (non-hydrogen) atoms. The van der Waals surface area contributed by atoms with Crippen molar-refractivity contribution in [3.63, 3.8) is 0 Å². The van der Waals surface area contributed by atoms with E-state index in [4.69, 9.17) is 28.9 Å². The van der Waals surface area contributed by atoms with Crippen LogP contribution < -0.4 is 11.1 Å². The van der Waals surface area contributed by atoms with E-state index < -0.39 is 11.7 Å². The van der Waals surface area contributed by atoms with E-state index in [2.05, 4.69) is 15.5 Å². The van der Waals surface area contributed by atoms with Crippen molar-refractivity contribution in [1.29, 1.82) is 0 Å². The minimum atomic E-state index is -0.831. The predicted molar refractivity (Wildman–Crippen MR) is 123 cm³/mol. The molecule has 0 atom stereocenters. The molecule has 0 aliphatic carbocycles. The second-order valence-electron chi connectivity index (χ2n) is 6.88. The smallest absolute Gasteiger partial charge is 0.273 e. The third-order valence-corrected chi connectivity index (χ3v) is 6.24. The first-order valence-electron chi connectivity index (χ1n) is 9.49. The number of benzene rings is 2. The minimum Gasteiger partial charge on any atom is -0.364 e. The Morgan fingerprint density at radius 3 is 2.28 bits per heavy atom. The van der Waals surface area contributed by atoms with Gasteiger partial charge < -0.3 is 16.0 Å². The van der Waals surface area contributed by atoms with Gasteiger partial charge in [-0.25, -0.2) is 4.39 Å². The standard InChI is InChI=1S/C20H17Cl2FN6O2S/c21-14-9-12(23)10-15(22)17(14)29-26-16(18(24)30)19(27-29)25-13-3-1-11(2-4-13)20(31)28-5-7-32-8-6-28/h1-4,9-10H,5-8H2,(H2,24,30)(H,25,27). The molecule has 3 aromatic rings. The Balaban J connectivity index is 1.59. The second-order valence-corrected chi connectivity index (χ2v) is 8.92. The number of carbonyl (C=O) groups excluding carboxylic acids is 2. The summed E-state index contributed by atoms with van der Waals surface area (Å²) in [5.41, 5.74) is 6.49. The predicted octanol–water partition coefficient (Wildman–Crippen LogP) is 3.74. The van der Waals surface area contributed by atoms with Gasteiger partial charge in [0.15, 0.2) is 11.5 Å². The Morgan fingerprint density at radius 2 is 1.69 bits per heavy atom. The fourth-order valence-corrected chi connectivity index (χ4v) is 4.68. The Morgan fingerprint density at radius 1 is 1.06 bits per heavy atom. The minimum absolute atomic E-state index is 0.0267. The highest BCUT2D eigenvalue weighted by Crippen LogP contribution is 2.30. The number of nitrogens with one attached hydrogen (secondary N) is 1. The van der Waals surface area contributed by atoms with Crippen molar-refractivity contribution in [3.05, 3.63) is 63.5 Å². The van der Waals surface area contributed by atoms with Crippen molar-refractivity contribution >= 4 is 58.3 Å². The van der Waals surface area contributed by atoms with E-state index in [0.29, 0.717) is 11.3 Å². The van der Waals surface area contributed by atoms with Gasteiger partial charge in [-0.1, -0.05) is 23.2 Å². The van der Waals surface area contributed by atoms with Crippen LogP contribution in [0.5, 0.6) is 0 Å². The van der Waals surface area contributed by atoms with Crippen molar-refractivity contribution < 1.29 is 14.0 Å². The van der Waals surface area contributed by atoms with E-state index in [1.807, 2.05) is 16.7 Å². The summed E-state index contributed by atoms with van der Waals surface area (Å²) in [6, 6.07) is 8.87. The highest BCUT2D eigenvalue weighted by molar-refractivity contribution is 7.99. The molecule has 2 amide bonds. The Bertz CT molecular complexity index is 1160. The number of anilines is 2. The van der Waals surface area contributed by atoms with Crippen LogP contribution in [-0.4, -0.2) is 56.3 Å². The molecule has 12 heteroatoms. The summed E-state index contributed by atoms with van der Waals surface area (Å²) in [5.74, 6) is 0.436. The van der Waals surface area contributed by atoms with Crippen molar-refractivity contribution in [2.24, 2.45) is 5.73 Å². The molecule has 8 nitrogen and oxygen atoms in total. The van der Waals surface area contributed by atoms with Crippen molar-refractivity contribution in [2.45, 2.75) is 0 Å². The molecule has 0 bridgehead atoms. The van der Waals surface area contributed by atoms with Crippen LogP contribution in [0.1, 0.15) is 20.8 Å². The van der Waals surface area contributed by atoms with Crippen molar-refractivity contribution in [1.82, 2.24) is 19.9 Å². The third kappa shape index (κ3) is 4.67. The van der Waals surface area contributed by atoms with Crippen LogP contribution in [0.15, 0.2) is 36.4 Å². The quantitative estimate of drug-likeness (QED) is 0.559. The summed E-state index contributed by atoms with van der Waals surface area (Å²) < 4.78 is 13.5. The second kappa shape index (κ2) is 9.35. The van der Waals surface area contributed by atoms with Crippen LogP contribution in [0.3, 0.4) is 0 Å². The maximum Gasteiger partial charge on any atom is 0.273 e. The summed E-state index contributed by atoms with van der Waals surface area (Å²) in [6.45, 7) is 1.45. The molecule has 166 valence electrons. The van der Waals surface area contributed by atoms with Crippen LogP contribution in [-0.2, 0) is 0 Å². The molecule has 4 rings (SSSR count). The number of amides is 2. The van der Waals surface area contributed by atoms with Gasteiger partial charge in [-0.15, -0.1) is 15.0 Å². The number of primary amides is 1. The monoisotopic (exact) mass is 494 g/mol. The lowest BCUT2D eigenvalue weighted by molar-refractivity contribution is 0.0772. The topological polar surface area (TPSA) is 106 Å². The maximum atomic E-state index is 13.5. The molecule has 1 saturated heterocycles. The number of aromatic nitrogens is 3. The van der Waals surface area contributed by atoms with Gasteiger partial charge in [0.25, 0.3) is 11.8 Å². The third-order valence-electron chi connectivity index (χ3n) is 4.72. The lowest BCUT2D eigenvalue weighted by Gasteiger charge is -2.26. The van der Waals surface area contributed by atoms with E-state index in [1.54, 1.807) is 24.3 Å². The molecule has 1 aromatic heterocycles. The molecule has 2 heterocycles. The summed E-state index contributed by atoms with van der Waals surface area (Å²) in [5, 5.41) is 11.1. The van der Waals surface area contributed by atoms with Gasteiger partial charge in [-0.2, -0.15) is 11.8 Å². The number of carbonyl (C=O) groups is 2. The molecule has 2 aromatic carbocycles. The zero-order valence-corrected chi connectivity index (χ0v) is 18.8. The van der Waals surface area contributed by atoms with Gasteiger partial charge in [-0.3, -0.25) is 9.59 Å². The number of hydrogen-bond acceptors (Lipinski definition) is 6. The zero-order chi connectivity index (χ0) is 22.8. The van der Waals surface area contributed by atoms with Crippen LogP contribution in [0, 0.1) is 5.82 Å². The zero-order valence-electron chi connectivity index (χ0n) is 16.5. The molecule has 1 aliphatic heterocycles. The molecule has 0 radical (unpaired) electrons. The van der Waals surface area contributed by atoms with E-state index in [9.17, 15) is 14.0 Å². The van der Waals surface area contributed by atoms with Crippen molar-refractivity contribution in [3.8, 4) is 5.69 Å². The number of nitrogens with zero attached hydrogens (tertiary/aromatic N) is 4. The van der Waals surface area contributed by atoms with Crippen molar-refractivity contribution in [2.75, 3.05) is 29.9 Å². The number of halogens is 3. The van der Waals surface area contributed by atoms with Gasteiger partial charge in [0.2, 0.25) is 0 Å². The first-order chi connectivity index (χ1) is 15.3. The van der Waals surface area contributed by atoms with Crippen LogP contribution >= 0.6 is 35.0 Å².